The SMILES string of the molecule is CCC1(CNc2c(Br)cnn(CC3CCC3)c2=O)CC1. The standard InChI is InChI=1S/C15H22BrN3O/c1-2-15(6-7-15)10-17-13-12(16)8-18-19(14(13)20)9-11-4-3-5-11/h8,11,17H,2-7,9-10H2,1H3. The zero-order valence-corrected chi connectivity index (χ0v) is 13.6. The van der Waals surface area contributed by atoms with E-state index >= 15 is 0 Å². The van der Waals surface area contributed by atoms with Crippen molar-refractivity contribution in [1.29, 1.82) is 0 Å². The van der Waals surface area contributed by atoms with Crippen molar-refractivity contribution in [1.82, 2.24) is 9.78 Å². The van der Waals surface area contributed by atoms with Gasteiger partial charge in [-0.05, 0) is 59.4 Å². The van der Waals surface area contributed by atoms with Gasteiger partial charge in [-0.1, -0.05) is 13.3 Å². The molecule has 2 saturated carbocycles. The number of aromatic nitrogens is 2. The fraction of sp³-hybridized carbons (Fsp3) is 0.733. The second kappa shape index (κ2) is 5.51. The molecule has 1 aromatic rings. The fourth-order valence-electron chi connectivity index (χ4n) is 2.79. The van der Waals surface area contributed by atoms with E-state index in [0.717, 1.165) is 17.6 Å². The third-order valence-corrected chi connectivity index (χ3v) is 5.60. The topological polar surface area (TPSA) is 46.9 Å². The van der Waals surface area contributed by atoms with Crippen LogP contribution in [0.1, 0.15) is 45.4 Å². The van der Waals surface area contributed by atoms with Crippen LogP contribution in [0.5, 0.6) is 0 Å². The molecule has 2 aliphatic rings. The number of halogens is 1. The Morgan fingerprint density at radius 1 is 1.50 bits per heavy atom. The van der Waals surface area contributed by atoms with Crippen LogP contribution < -0.4 is 10.9 Å². The third-order valence-electron chi connectivity index (χ3n) is 5.00. The first-order valence-corrected chi connectivity index (χ1v) is 8.42. The summed E-state index contributed by atoms with van der Waals surface area (Å²) in [6.07, 6.45) is 9.22. The van der Waals surface area contributed by atoms with Gasteiger partial charge in [0.15, 0.2) is 0 Å². The van der Waals surface area contributed by atoms with Crippen molar-refractivity contribution in [2.24, 2.45) is 11.3 Å². The van der Waals surface area contributed by atoms with E-state index in [-0.39, 0.29) is 5.56 Å². The molecule has 110 valence electrons. The van der Waals surface area contributed by atoms with E-state index in [9.17, 15) is 4.79 Å². The van der Waals surface area contributed by atoms with Gasteiger partial charge in [-0.2, -0.15) is 5.10 Å². The van der Waals surface area contributed by atoms with Gasteiger partial charge in [0.25, 0.3) is 5.56 Å². The molecule has 20 heavy (non-hydrogen) atoms. The molecule has 0 aliphatic heterocycles. The lowest BCUT2D eigenvalue weighted by Crippen LogP contribution is -2.31. The Morgan fingerprint density at radius 2 is 2.25 bits per heavy atom. The van der Waals surface area contributed by atoms with Gasteiger partial charge in [0.05, 0.1) is 10.7 Å². The van der Waals surface area contributed by atoms with Gasteiger partial charge >= 0.3 is 0 Å². The van der Waals surface area contributed by atoms with Crippen LogP contribution >= 0.6 is 15.9 Å². The molecule has 0 radical (unpaired) electrons. The number of nitrogens with one attached hydrogen (secondary N) is 1. The molecule has 1 aromatic heterocycles. The largest absolute Gasteiger partial charge is 0.379 e. The number of nitrogens with zero attached hydrogens (tertiary/aromatic N) is 2. The maximum Gasteiger partial charge on any atom is 0.291 e. The zero-order chi connectivity index (χ0) is 14.2. The summed E-state index contributed by atoms with van der Waals surface area (Å²) in [6.45, 7) is 3.88. The van der Waals surface area contributed by atoms with Crippen LogP contribution in [-0.2, 0) is 6.54 Å². The van der Waals surface area contributed by atoms with Gasteiger partial charge in [0.2, 0.25) is 0 Å². The molecule has 2 fully saturated rings. The fourth-order valence-corrected chi connectivity index (χ4v) is 3.19. The van der Waals surface area contributed by atoms with Gasteiger partial charge in [-0.15, -0.1) is 0 Å². The van der Waals surface area contributed by atoms with Crippen LogP contribution in [0.4, 0.5) is 5.69 Å². The van der Waals surface area contributed by atoms with Crippen LogP contribution in [0.3, 0.4) is 0 Å². The van der Waals surface area contributed by atoms with E-state index in [2.05, 4.69) is 33.3 Å². The normalized spacial score (nSPS) is 20.5. The molecule has 5 heteroatoms. The molecule has 0 bridgehead atoms. The minimum Gasteiger partial charge on any atom is -0.379 e. The van der Waals surface area contributed by atoms with Crippen LogP contribution in [0.15, 0.2) is 15.5 Å². The Labute approximate surface area is 128 Å². The summed E-state index contributed by atoms with van der Waals surface area (Å²) in [5.41, 5.74) is 1.12. The summed E-state index contributed by atoms with van der Waals surface area (Å²) in [4.78, 5) is 12.5. The first-order chi connectivity index (χ1) is 9.63. The van der Waals surface area contributed by atoms with E-state index in [1.165, 1.54) is 38.5 Å². The lowest BCUT2D eigenvalue weighted by molar-refractivity contribution is 0.262. The highest BCUT2D eigenvalue weighted by Crippen LogP contribution is 2.48. The Bertz CT molecular complexity index is 547. The van der Waals surface area contributed by atoms with Crippen molar-refractivity contribution >= 4 is 21.6 Å². The molecule has 0 atom stereocenters. The van der Waals surface area contributed by atoms with Crippen molar-refractivity contribution in [3.8, 4) is 0 Å². The van der Waals surface area contributed by atoms with Crippen molar-refractivity contribution in [3.05, 3.63) is 21.0 Å². The Kier molecular flexibility index (Phi) is 3.89. The molecule has 0 saturated heterocycles. The Morgan fingerprint density at radius 3 is 2.80 bits per heavy atom. The van der Waals surface area contributed by atoms with Crippen LogP contribution in [-0.4, -0.2) is 16.3 Å². The molecular formula is C15H22BrN3O. The van der Waals surface area contributed by atoms with E-state index in [0.29, 0.717) is 17.0 Å². The predicted octanol–water partition coefficient (Wildman–Crippen LogP) is 3.41. The number of hydrogen-bond donors (Lipinski definition) is 1. The number of anilines is 1. The molecule has 2 aliphatic carbocycles. The van der Waals surface area contributed by atoms with Crippen LogP contribution in [0, 0.1) is 11.3 Å². The van der Waals surface area contributed by atoms with Crippen molar-refractivity contribution in [3.63, 3.8) is 0 Å². The average molecular weight is 340 g/mol. The van der Waals surface area contributed by atoms with E-state index in [1.807, 2.05) is 0 Å². The summed E-state index contributed by atoms with van der Waals surface area (Å²) in [5, 5.41) is 7.62. The molecular weight excluding hydrogens is 318 g/mol. The molecule has 1 N–H and O–H groups in total. The van der Waals surface area contributed by atoms with Crippen LogP contribution in [0.25, 0.3) is 0 Å². The first-order valence-electron chi connectivity index (χ1n) is 7.63. The van der Waals surface area contributed by atoms with Gasteiger partial charge in [0, 0.05) is 13.1 Å². The molecule has 0 amide bonds. The first kappa shape index (κ1) is 14.1. The minimum atomic E-state index is 0.0122. The molecule has 4 nitrogen and oxygen atoms in total. The highest BCUT2D eigenvalue weighted by atomic mass is 79.9. The Hall–Kier alpha value is -0.840. The molecule has 0 aromatic carbocycles. The minimum absolute atomic E-state index is 0.0122. The second-order valence-electron chi connectivity index (χ2n) is 6.36. The maximum atomic E-state index is 12.5. The summed E-state index contributed by atoms with van der Waals surface area (Å²) >= 11 is 3.45. The highest BCUT2D eigenvalue weighted by Gasteiger charge is 2.40. The van der Waals surface area contributed by atoms with E-state index in [4.69, 9.17) is 0 Å². The van der Waals surface area contributed by atoms with Crippen LogP contribution in [0.2, 0.25) is 0 Å². The van der Waals surface area contributed by atoms with Gasteiger partial charge in [-0.3, -0.25) is 4.79 Å². The third kappa shape index (κ3) is 2.78. The Balaban J connectivity index is 1.74. The molecule has 0 unspecified atom stereocenters. The molecule has 0 spiro atoms. The highest BCUT2D eigenvalue weighted by molar-refractivity contribution is 9.10. The van der Waals surface area contributed by atoms with E-state index < -0.39 is 0 Å². The van der Waals surface area contributed by atoms with Gasteiger partial charge in [0.1, 0.15) is 5.69 Å². The van der Waals surface area contributed by atoms with Gasteiger partial charge < -0.3 is 5.32 Å². The van der Waals surface area contributed by atoms with E-state index in [1.54, 1.807) is 10.9 Å². The monoisotopic (exact) mass is 339 g/mol. The summed E-state index contributed by atoms with van der Waals surface area (Å²) < 4.78 is 2.40. The zero-order valence-electron chi connectivity index (χ0n) is 12.0. The lowest BCUT2D eigenvalue weighted by Gasteiger charge is -2.25. The second-order valence-corrected chi connectivity index (χ2v) is 7.21. The lowest BCUT2D eigenvalue weighted by atomic mass is 9.85. The van der Waals surface area contributed by atoms with Crippen molar-refractivity contribution < 1.29 is 0 Å². The predicted molar refractivity (Wildman–Crippen MR) is 84.0 cm³/mol. The van der Waals surface area contributed by atoms with Crippen molar-refractivity contribution in [2.75, 3.05) is 11.9 Å². The summed E-state index contributed by atoms with van der Waals surface area (Å²) in [5.74, 6) is 0.639. The molecule has 3 rings (SSSR count). The summed E-state index contributed by atoms with van der Waals surface area (Å²) in [6, 6.07) is 0. The van der Waals surface area contributed by atoms with Crippen molar-refractivity contribution in [2.45, 2.75) is 52.0 Å². The number of hydrogen-bond acceptors (Lipinski definition) is 3. The quantitative estimate of drug-likeness (QED) is 0.863. The summed E-state index contributed by atoms with van der Waals surface area (Å²) in [7, 11) is 0. The average Bonchev–Trinajstić information content (AvgIpc) is 3.16. The van der Waals surface area contributed by atoms with Gasteiger partial charge in [-0.25, -0.2) is 4.68 Å². The number of rotatable bonds is 6. The maximum absolute atomic E-state index is 12.5. The smallest absolute Gasteiger partial charge is 0.291 e. The molecule has 1 heterocycles.